The van der Waals surface area contributed by atoms with Gasteiger partial charge in [-0.2, -0.15) is 0 Å². The van der Waals surface area contributed by atoms with Crippen molar-refractivity contribution in [2.24, 2.45) is 11.3 Å². The molecule has 1 aliphatic rings. The van der Waals surface area contributed by atoms with Gasteiger partial charge >= 0.3 is 0 Å². The molecule has 0 aromatic heterocycles. The van der Waals surface area contributed by atoms with E-state index in [1.807, 2.05) is 0 Å². The van der Waals surface area contributed by atoms with Crippen LogP contribution in [0.5, 0.6) is 0 Å². The second-order valence-corrected chi connectivity index (χ2v) is 7.16. The van der Waals surface area contributed by atoms with E-state index < -0.39 is 0 Å². The summed E-state index contributed by atoms with van der Waals surface area (Å²) in [4.78, 5) is 2.62. The number of likely N-dealkylation sites (N-methyl/N-ethyl adjacent to an activating group) is 2. The second kappa shape index (κ2) is 8.35. The SMILES string of the molecule is CCOCCN(CC)C1CC(C(C)(C)C)CCC1NC. The first kappa shape index (κ1) is 17.9. The molecule has 20 heavy (non-hydrogen) atoms. The minimum atomic E-state index is 0.427. The van der Waals surface area contributed by atoms with Crippen molar-refractivity contribution in [3.05, 3.63) is 0 Å². The summed E-state index contributed by atoms with van der Waals surface area (Å²) in [7, 11) is 2.12. The second-order valence-electron chi connectivity index (χ2n) is 7.16. The normalized spacial score (nSPS) is 28.1. The lowest BCUT2D eigenvalue weighted by Crippen LogP contribution is -2.54. The van der Waals surface area contributed by atoms with Gasteiger partial charge in [0.05, 0.1) is 6.61 Å². The van der Waals surface area contributed by atoms with Crippen LogP contribution in [0, 0.1) is 11.3 Å². The van der Waals surface area contributed by atoms with E-state index in [2.05, 4.69) is 51.9 Å². The third-order valence-electron chi connectivity index (χ3n) is 5.01. The molecule has 0 spiro atoms. The Kier molecular flexibility index (Phi) is 7.49. The van der Waals surface area contributed by atoms with E-state index in [9.17, 15) is 0 Å². The summed E-state index contributed by atoms with van der Waals surface area (Å²) < 4.78 is 5.56. The van der Waals surface area contributed by atoms with Crippen molar-refractivity contribution in [2.75, 3.05) is 33.4 Å². The van der Waals surface area contributed by atoms with Gasteiger partial charge in [0.15, 0.2) is 0 Å². The number of ether oxygens (including phenoxy) is 1. The van der Waals surface area contributed by atoms with E-state index in [-0.39, 0.29) is 0 Å². The Hall–Kier alpha value is -0.120. The van der Waals surface area contributed by atoms with Crippen molar-refractivity contribution in [2.45, 2.75) is 66.0 Å². The molecule has 0 heterocycles. The third-order valence-corrected chi connectivity index (χ3v) is 5.01. The Bertz CT molecular complexity index is 262. The molecule has 0 aromatic rings. The number of rotatable bonds is 7. The van der Waals surface area contributed by atoms with Crippen LogP contribution in [-0.4, -0.2) is 50.3 Å². The number of hydrogen-bond acceptors (Lipinski definition) is 3. The maximum atomic E-state index is 5.56. The average molecular weight is 284 g/mol. The molecule has 0 saturated heterocycles. The van der Waals surface area contributed by atoms with E-state index in [0.717, 1.165) is 32.2 Å². The van der Waals surface area contributed by atoms with Crippen LogP contribution < -0.4 is 5.32 Å². The average Bonchev–Trinajstić information content (AvgIpc) is 2.42. The zero-order valence-corrected chi connectivity index (χ0v) is 14.5. The molecule has 0 aliphatic heterocycles. The maximum absolute atomic E-state index is 5.56. The van der Waals surface area contributed by atoms with Gasteiger partial charge in [-0.3, -0.25) is 4.90 Å². The van der Waals surface area contributed by atoms with Crippen molar-refractivity contribution in [3.63, 3.8) is 0 Å². The van der Waals surface area contributed by atoms with Crippen LogP contribution in [0.25, 0.3) is 0 Å². The van der Waals surface area contributed by atoms with Crippen molar-refractivity contribution < 1.29 is 4.74 Å². The Balaban J connectivity index is 2.68. The van der Waals surface area contributed by atoms with Crippen LogP contribution in [0.4, 0.5) is 0 Å². The van der Waals surface area contributed by atoms with Gasteiger partial charge < -0.3 is 10.1 Å². The first-order valence-corrected chi connectivity index (χ1v) is 8.43. The summed E-state index contributed by atoms with van der Waals surface area (Å²) in [5.74, 6) is 0.832. The van der Waals surface area contributed by atoms with Gasteiger partial charge in [-0.25, -0.2) is 0 Å². The molecule has 3 nitrogen and oxygen atoms in total. The molecular weight excluding hydrogens is 248 g/mol. The summed E-state index contributed by atoms with van der Waals surface area (Å²) >= 11 is 0. The highest BCUT2D eigenvalue weighted by Crippen LogP contribution is 2.39. The van der Waals surface area contributed by atoms with Crippen LogP contribution in [0.3, 0.4) is 0 Å². The largest absolute Gasteiger partial charge is 0.380 e. The third kappa shape index (κ3) is 5.01. The first-order valence-electron chi connectivity index (χ1n) is 8.43. The highest BCUT2D eigenvalue weighted by Gasteiger charge is 2.37. The molecule has 1 aliphatic carbocycles. The topological polar surface area (TPSA) is 24.5 Å². The molecular formula is C17H36N2O. The fourth-order valence-corrected chi connectivity index (χ4v) is 3.56. The number of nitrogens with one attached hydrogen (secondary N) is 1. The van der Waals surface area contributed by atoms with Gasteiger partial charge in [0.1, 0.15) is 0 Å². The van der Waals surface area contributed by atoms with Crippen LogP contribution in [0.1, 0.15) is 53.9 Å². The van der Waals surface area contributed by atoms with Crippen LogP contribution in [0.15, 0.2) is 0 Å². The van der Waals surface area contributed by atoms with E-state index in [1.165, 1.54) is 19.3 Å². The summed E-state index contributed by atoms with van der Waals surface area (Å²) in [6.45, 7) is 15.4. The molecule has 1 fully saturated rings. The van der Waals surface area contributed by atoms with Gasteiger partial charge in [-0.05, 0) is 51.1 Å². The molecule has 3 atom stereocenters. The van der Waals surface area contributed by atoms with Crippen LogP contribution >= 0.6 is 0 Å². The van der Waals surface area contributed by atoms with Gasteiger partial charge in [-0.15, -0.1) is 0 Å². The summed E-state index contributed by atoms with van der Waals surface area (Å²) in [5.41, 5.74) is 0.427. The molecule has 0 aromatic carbocycles. The van der Waals surface area contributed by atoms with Crippen molar-refractivity contribution in [1.29, 1.82) is 0 Å². The quantitative estimate of drug-likeness (QED) is 0.727. The smallest absolute Gasteiger partial charge is 0.0593 e. The Morgan fingerprint density at radius 2 is 1.90 bits per heavy atom. The molecule has 1 saturated carbocycles. The molecule has 120 valence electrons. The minimum absolute atomic E-state index is 0.427. The Morgan fingerprint density at radius 3 is 2.40 bits per heavy atom. The zero-order chi connectivity index (χ0) is 15.2. The lowest BCUT2D eigenvalue weighted by molar-refractivity contribution is 0.0401. The molecule has 0 radical (unpaired) electrons. The van der Waals surface area contributed by atoms with Crippen LogP contribution in [0.2, 0.25) is 0 Å². The molecule has 3 unspecified atom stereocenters. The van der Waals surface area contributed by atoms with Crippen molar-refractivity contribution in [3.8, 4) is 0 Å². The fraction of sp³-hybridized carbons (Fsp3) is 1.00. The highest BCUT2D eigenvalue weighted by molar-refractivity contribution is 4.93. The van der Waals surface area contributed by atoms with Gasteiger partial charge in [0.25, 0.3) is 0 Å². The highest BCUT2D eigenvalue weighted by atomic mass is 16.5. The van der Waals surface area contributed by atoms with Gasteiger partial charge in [0, 0.05) is 25.2 Å². The predicted molar refractivity (Wildman–Crippen MR) is 87.2 cm³/mol. The monoisotopic (exact) mass is 284 g/mol. The predicted octanol–water partition coefficient (Wildman–Crippen LogP) is 3.15. The number of nitrogens with zero attached hydrogens (tertiary/aromatic N) is 1. The fourth-order valence-electron chi connectivity index (χ4n) is 3.56. The summed E-state index contributed by atoms with van der Waals surface area (Å²) in [6.07, 6.45) is 3.97. The summed E-state index contributed by atoms with van der Waals surface area (Å²) in [5, 5.41) is 3.55. The van der Waals surface area contributed by atoms with Crippen LogP contribution in [-0.2, 0) is 4.74 Å². The van der Waals surface area contributed by atoms with Gasteiger partial charge in [0.2, 0.25) is 0 Å². The lowest BCUT2D eigenvalue weighted by atomic mass is 9.69. The molecule has 1 N–H and O–H groups in total. The molecule has 3 heteroatoms. The van der Waals surface area contributed by atoms with E-state index >= 15 is 0 Å². The number of hydrogen-bond donors (Lipinski definition) is 1. The maximum Gasteiger partial charge on any atom is 0.0593 e. The lowest BCUT2D eigenvalue weighted by Gasteiger charge is -2.46. The summed E-state index contributed by atoms with van der Waals surface area (Å²) in [6, 6.07) is 1.29. The van der Waals surface area contributed by atoms with Crippen molar-refractivity contribution in [1.82, 2.24) is 10.2 Å². The zero-order valence-electron chi connectivity index (χ0n) is 14.5. The first-order chi connectivity index (χ1) is 9.43. The molecule has 1 rings (SSSR count). The van der Waals surface area contributed by atoms with Crippen molar-refractivity contribution >= 4 is 0 Å². The van der Waals surface area contributed by atoms with E-state index in [0.29, 0.717) is 17.5 Å². The molecule has 0 bridgehead atoms. The van der Waals surface area contributed by atoms with E-state index in [1.54, 1.807) is 0 Å². The Labute approximate surface area is 126 Å². The van der Waals surface area contributed by atoms with E-state index in [4.69, 9.17) is 4.74 Å². The molecule has 0 amide bonds. The Morgan fingerprint density at radius 1 is 1.20 bits per heavy atom. The van der Waals surface area contributed by atoms with Gasteiger partial charge in [-0.1, -0.05) is 27.7 Å². The standard InChI is InChI=1S/C17H36N2O/c1-7-19(11-12-20-8-2)16-13-14(17(3,4)5)9-10-15(16)18-6/h14-16,18H,7-13H2,1-6H3. The minimum Gasteiger partial charge on any atom is -0.380 e.